The van der Waals surface area contributed by atoms with E-state index in [-0.39, 0.29) is 0 Å². The van der Waals surface area contributed by atoms with Gasteiger partial charge in [0, 0.05) is 12.6 Å². The largest absolute Gasteiger partial charge is 0.313 e. The molecule has 0 amide bonds. The molecule has 5 heteroatoms. The lowest BCUT2D eigenvalue weighted by molar-refractivity contribution is 0.576. The van der Waals surface area contributed by atoms with Crippen LogP contribution in [0.1, 0.15) is 30.9 Å². The van der Waals surface area contributed by atoms with Crippen LogP contribution in [0.5, 0.6) is 0 Å². The molecule has 1 unspecified atom stereocenters. The Morgan fingerprint density at radius 1 is 1.32 bits per heavy atom. The van der Waals surface area contributed by atoms with Crippen molar-refractivity contribution in [2.24, 2.45) is 0 Å². The molecule has 19 heavy (non-hydrogen) atoms. The molecule has 1 aromatic rings. The number of hydrogen-bond donors (Lipinski definition) is 2. The van der Waals surface area contributed by atoms with Crippen LogP contribution in [0, 0.1) is 13.8 Å². The topological polar surface area (TPSA) is 58.2 Å². The Bertz CT molecular complexity index is 551. The fourth-order valence-electron chi connectivity index (χ4n) is 1.83. The Balaban J connectivity index is 2.04. The van der Waals surface area contributed by atoms with Gasteiger partial charge in [0.15, 0.2) is 0 Å². The van der Waals surface area contributed by atoms with E-state index in [2.05, 4.69) is 10.0 Å². The predicted molar refractivity (Wildman–Crippen MR) is 78.9 cm³/mol. The number of hydrogen-bond acceptors (Lipinski definition) is 3. The maximum absolute atomic E-state index is 12.2. The second-order valence-electron chi connectivity index (χ2n) is 5.46. The standard InChI is InChI=1S/C14H22N2O2S/c1-10-4-5-11(2)14(8-10)16-19(17,18)12(3)9-15-13-6-7-13/h4-5,8,12-13,15-16H,6-7,9H2,1-3H3. The van der Waals surface area contributed by atoms with Crippen LogP contribution in [-0.4, -0.2) is 26.3 Å². The number of rotatable bonds is 6. The van der Waals surface area contributed by atoms with Gasteiger partial charge < -0.3 is 5.32 Å². The lowest BCUT2D eigenvalue weighted by Crippen LogP contribution is -2.35. The highest BCUT2D eigenvalue weighted by atomic mass is 32.2. The molecule has 0 bridgehead atoms. The van der Waals surface area contributed by atoms with E-state index in [1.807, 2.05) is 32.0 Å². The van der Waals surface area contributed by atoms with Crippen LogP contribution in [-0.2, 0) is 10.0 Å². The van der Waals surface area contributed by atoms with E-state index in [0.717, 1.165) is 24.0 Å². The molecule has 2 N–H and O–H groups in total. The van der Waals surface area contributed by atoms with E-state index < -0.39 is 15.3 Å². The van der Waals surface area contributed by atoms with E-state index in [4.69, 9.17) is 0 Å². The van der Waals surface area contributed by atoms with Crippen molar-refractivity contribution in [3.63, 3.8) is 0 Å². The van der Waals surface area contributed by atoms with E-state index >= 15 is 0 Å². The Morgan fingerprint density at radius 2 is 2.00 bits per heavy atom. The van der Waals surface area contributed by atoms with Crippen molar-refractivity contribution in [1.29, 1.82) is 0 Å². The summed E-state index contributed by atoms with van der Waals surface area (Å²) in [5, 5.41) is 2.82. The van der Waals surface area contributed by atoms with Crippen LogP contribution in [0.25, 0.3) is 0 Å². The number of aryl methyl sites for hydroxylation is 2. The fourth-order valence-corrected chi connectivity index (χ4v) is 2.87. The summed E-state index contributed by atoms with van der Waals surface area (Å²) in [4.78, 5) is 0. The van der Waals surface area contributed by atoms with E-state index in [1.165, 1.54) is 0 Å². The third-order valence-corrected chi connectivity index (χ3v) is 5.18. The summed E-state index contributed by atoms with van der Waals surface area (Å²) in [6.45, 7) is 6.10. The number of anilines is 1. The van der Waals surface area contributed by atoms with Gasteiger partial charge in [-0.2, -0.15) is 0 Å². The van der Waals surface area contributed by atoms with Gasteiger partial charge >= 0.3 is 0 Å². The first kappa shape index (κ1) is 14.3. The molecule has 0 saturated heterocycles. The summed E-state index contributed by atoms with van der Waals surface area (Å²) < 4.78 is 27.2. The highest BCUT2D eigenvalue weighted by Crippen LogP contribution is 2.21. The van der Waals surface area contributed by atoms with Gasteiger partial charge in [-0.05, 0) is 50.8 Å². The smallest absolute Gasteiger partial charge is 0.236 e. The van der Waals surface area contributed by atoms with Crippen LogP contribution in [0.3, 0.4) is 0 Å². The first-order valence-electron chi connectivity index (χ1n) is 6.71. The average molecular weight is 282 g/mol. The molecule has 1 aliphatic carbocycles. The summed E-state index contributed by atoms with van der Waals surface area (Å²) in [6, 6.07) is 6.30. The van der Waals surface area contributed by atoms with Crippen molar-refractivity contribution in [1.82, 2.24) is 5.32 Å². The van der Waals surface area contributed by atoms with Crippen LogP contribution in [0.4, 0.5) is 5.69 Å². The monoisotopic (exact) mass is 282 g/mol. The molecule has 0 heterocycles. The van der Waals surface area contributed by atoms with Gasteiger partial charge in [-0.3, -0.25) is 4.72 Å². The SMILES string of the molecule is Cc1ccc(C)c(NS(=O)(=O)C(C)CNC2CC2)c1. The minimum absolute atomic E-state index is 0.437. The lowest BCUT2D eigenvalue weighted by Gasteiger charge is -2.17. The molecule has 0 spiro atoms. The van der Waals surface area contributed by atoms with Crippen molar-refractivity contribution < 1.29 is 8.42 Å². The number of benzene rings is 1. The van der Waals surface area contributed by atoms with Crippen molar-refractivity contribution in [3.05, 3.63) is 29.3 Å². The zero-order valence-corrected chi connectivity index (χ0v) is 12.5. The van der Waals surface area contributed by atoms with Crippen LogP contribution >= 0.6 is 0 Å². The maximum Gasteiger partial charge on any atom is 0.236 e. The Labute approximate surface area is 115 Å². The maximum atomic E-state index is 12.2. The second kappa shape index (κ2) is 5.51. The molecule has 0 aromatic heterocycles. The Kier molecular flexibility index (Phi) is 4.16. The molecule has 0 radical (unpaired) electrons. The molecule has 0 aliphatic heterocycles. The predicted octanol–water partition coefficient (Wildman–Crippen LogP) is 2.19. The van der Waals surface area contributed by atoms with Gasteiger partial charge in [0.05, 0.1) is 10.9 Å². The zero-order chi connectivity index (χ0) is 14.0. The quantitative estimate of drug-likeness (QED) is 0.841. The first-order chi connectivity index (χ1) is 8.88. The summed E-state index contributed by atoms with van der Waals surface area (Å²) >= 11 is 0. The molecular formula is C14H22N2O2S. The normalized spacial score (nSPS) is 17.2. The molecule has 2 rings (SSSR count). The van der Waals surface area contributed by atoms with Crippen LogP contribution < -0.4 is 10.0 Å². The minimum atomic E-state index is -3.33. The van der Waals surface area contributed by atoms with Gasteiger partial charge in [-0.15, -0.1) is 0 Å². The number of nitrogens with one attached hydrogen (secondary N) is 2. The molecule has 1 aliphatic rings. The number of sulfonamides is 1. The Morgan fingerprint density at radius 3 is 2.63 bits per heavy atom. The second-order valence-corrected chi connectivity index (χ2v) is 7.56. The summed E-state index contributed by atoms with van der Waals surface area (Å²) in [7, 11) is -3.33. The third kappa shape index (κ3) is 3.94. The van der Waals surface area contributed by atoms with Crippen LogP contribution in [0.15, 0.2) is 18.2 Å². The van der Waals surface area contributed by atoms with Crippen molar-refractivity contribution in [2.45, 2.75) is 44.9 Å². The van der Waals surface area contributed by atoms with E-state index in [1.54, 1.807) is 6.92 Å². The average Bonchev–Trinajstić information content (AvgIpc) is 3.14. The van der Waals surface area contributed by atoms with Gasteiger partial charge in [-0.1, -0.05) is 12.1 Å². The van der Waals surface area contributed by atoms with E-state index in [0.29, 0.717) is 18.3 Å². The lowest BCUT2D eigenvalue weighted by atomic mass is 10.1. The third-order valence-electron chi connectivity index (χ3n) is 3.45. The molecule has 4 nitrogen and oxygen atoms in total. The zero-order valence-electron chi connectivity index (χ0n) is 11.7. The van der Waals surface area contributed by atoms with Gasteiger partial charge in [0.25, 0.3) is 0 Å². The molecule has 1 atom stereocenters. The highest BCUT2D eigenvalue weighted by molar-refractivity contribution is 7.93. The van der Waals surface area contributed by atoms with Gasteiger partial charge in [0.1, 0.15) is 0 Å². The molecule has 1 saturated carbocycles. The summed E-state index contributed by atoms with van der Waals surface area (Å²) in [5.74, 6) is 0. The summed E-state index contributed by atoms with van der Waals surface area (Å²) in [5.41, 5.74) is 2.67. The molecule has 1 fully saturated rings. The Hall–Kier alpha value is -1.07. The molecule has 1 aromatic carbocycles. The fraction of sp³-hybridized carbons (Fsp3) is 0.571. The van der Waals surface area contributed by atoms with Crippen molar-refractivity contribution >= 4 is 15.7 Å². The minimum Gasteiger partial charge on any atom is -0.313 e. The molecular weight excluding hydrogens is 260 g/mol. The molecule has 106 valence electrons. The first-order valence-corrected chi connectivity index (χ1v) is 8.25. The van der Waals surface area contributed by atoms with Crippen molar-refractivity contribution in [3.8, 4) is 0 Å². The highest BCUT2D eigenvalue weighted by Gasteiger charge is 2.26. The van der Waals surface area contributed by atoms with Crippen LogP contribution in [0.2, 0.25) is 0 Å². The van der Waals surface area contributed by atoms with Gasteiger partial charge in [0.2, 0.25) is 10.0 Å². The van der Waals surface area contributed by atoms with Crippen molar-refractivity contribution in [2.75, 3.05) is 11.3 Å². The van der Waals surface area contributed by atoms with Gasteiger partial charge in [-0.25, -0.2) is 8.42 Å². The van der Waals surface area contributed by atoms with E-state index in [9.17, 15) is 8.42 Å². The summed E-state index contributed by atoms with van der Waals surface area (Å²) in [6.07, 6.45) is 2.33.